The molecule has 0 unspecified atom stereocenters. The Hall–Kier alpha value is -2.93. The van der Waals surface area contributed by atoms with Crippen LogP contribution < -0.4 is 14.8 Å². The summed E-state index contributed by atoms with van der Waals surface area (Å²) >= 11 is 1.27. The van der Waals surface area contributed by atoms with Crippen LogP contribution in [0.1, 0.15) is 18.1 Å². The van der Waals surface area contributed by atoms with E-state index in [0.29, 0.717) is 15.6 Å². The number of carbonyl (C=O) groups is 1. The maximum atomic E-state index is 12.3. The van der Waals surface area contributed by atoms with Gasteiger partial charge in [0.15, 0.2) is 16.7 Å². The third kappa shape index (κ3) is 4.09. The summed E-state index contributed by atoms with van der Waals surface area (Å²) in [5.74, 6) is 0.244. The standard InChI is InChI=1S/C20H20N2O4S/c1-4-13-7-5-6-8-14(13)21-20-22-19(24)17(27-20)11-12-9-15(25-2)18(23)16(10-12)26-3/h5-11,23H,4H2,1-3H3,(H,21,22,24)/b17-11-. The Morgan fingerprint density at radius 2 is 1.85 bits per heavy atom. The third-order valence-electron chi connectivity index (χ3n) is 4.05. The molecular formula is C20H20N2O4S. The molecular weight excluding hydrogens is 364 g/mol. The van der Waals surface area contributed by atoms with Crippen molar-refractivity contribution in [1.29, 1.82) is 0 Å². The minimum absolute atomic E-state index is 0.0795. The second-order valence-corrected chi connectivity index (χ2v) is 6.77. The molecule has 6 nitrogen and oxygen atoms in total. The van der Waals surface area contributed by atoms with E-state index in [1.807, 2.05) is 24.3 Å². The Morgan fingerprint density at radius 1 is 1.19 bits per heavy atom. The van der Waals surface area contributed by atoms with E-state index in [-0.39, 0.29) is 23.2 Å². The number of hydrogen-bond donors (Lipinski definition) is 2. The molecule has 140 valence electrons. The molecule has 0 saturated carbocycles. The number of ether oxygens (including phenoxy) is 2. The van der Waals surface area contributed by atoms with Gasteiger partial charge in [0.2, 0.25) is 5.75 Å². The number of methoxy groups -OCH3 is 2. The van der Waals surface area contributed by atoms with Gasteiger partial charge in [0.25, 0.3) is 5.91 Å². The smallest absolute Gasteiger partial charge is 0.264 e. The quantitative estimate of drug-likeness (QED) is 0.765. The number of amides is 1. The van der Waals surface area contributed by atoms with Crippen molar-refractivity contribution in [2.75, 3.05) is 14.2 Å². The molecule has 0 radical (unpaired) electrons. The molecule has 1 amide bonds. The van der Waals surface area contributed by atoms with E-state index in [1.54, 1.807) is 18.2 Å². The first kappa shape index (κ1) is 18.8. The van der Waals surface area contributed by atoms with Crippen LogP contribution in [0.4, 0.5) is 5.69 Å². The lowest BCUT2D eigenvalue weighted by atomic mass is 10.1. The number of phenolic OH excluding ortho intramolecular Hbond substituents is 1. The minimum Gasteiger partial charge on any atom is -0.502 e. The van der Waals surface area contributed by atoms with Crippen molar-refractivity contribution in [2.45, 2.75) is 13.3 Å². The predicted octanol–water partition coefficient (Wildman–Crippen LogP) is 3.86. The van der Waals surface area contributed by atoms with Crippen LogP contribution >= 0.6 is 11.8 Å². The van der Waals surface area contributed by atoms with Gasteiger partial charge >= 0.3 is 0 Å². The maximum Gasteiger partial charge on any atom is 0.264 e. The number of aromatic hydroxyl groups is 1. The van der Waals surface area contributed by atoms with Gasteiger partial charge in [-0.15, -0.1) is 0 Å². The second kappa shape index (κ2) is 8.18. The minimum atomic E-state index is -0.223. The largest absolute Gasteiger partial charge is 0.502 e. The average molecular weight is 384 g/mol. The summed E-state index contributed by atoms with van der Waals surface area (Å²) in [5.41, 5.74) is 2.64. The zero-order valence-corrected chi connectivity index (χ0v) is 16.1. The monoisotopic (exact) mass is 384 g/mol. The Labute approximate surface area is 161 Å². The topological polar surface area (TPSA) is 80.2 Å². The number of aryl methyl sites for hydroxylation is 1. The Morgan fingerprint density at radius 3 is 2.48 bits per heavy atom. The van der Waals surface area contributed by atoms with Crippen molar-refractivity contribution in [2.24, 2.45) is 4.99 Å². The van der Waals surface area contributed by atoms with E-state index in [9.17, 15) is 9.90 Å². The van der Waals surface area contributed by atoms with Crippen molar-refractivity contribution >= 4 is 34.6 Å². The molecule has 0 atom stereocenters. The lowest BCUT2D eigenvalue weighted by molar-refractivity contribution is -0.115. The van der Waals surface area contributed by atoms with Crippen LogP contribution in [0.2, 0.25) is 0 Å². The van der Waals surface area contributed by atoms with Gasteiger partial charge in [-0.3, -0.25) is 4.79 Å². The first-order valence-corrected chi connectivity index (χ1v) is 9.19. The number of aliphatic imine (C=N–C) groups is 1. The van der Waals surface area contributed by atoms with Gasteiger partial charge < -0.3 is 19.9 Å². The number of rotatable bonds is 5. The van der Waals surface area contributed by atoms with E-state index in [1.165, 1.54) is 26.0 Å². The molecule has 1 fully saturated rings. The van der Waals surface area contributed by atoms with Crippen molar-refractivity contribution < 1.29 is 19.4 Å². The van der Waals surface area contributed by atoms with Gasteiger partial charge in [0.1, 0.15) is 0 Å². The summed E-state index contributed by atoms with van der Waals surface area (Å²) in [7, 11) is 2.91. The zero-order chi connectivity index (χ0) is 19.4. The molecule has 2 aromatic carbocycles. The molecule has 0 aliphatic carbocycles. The van der Waals surface area contributed by atoms with Crippen LogP contribution in [0.25, 0.3) is 6.08 Å². The fourth-order valence-corrected chi connectivity index (χ4v) is 3.49. The summed E-state index contributed by atoms with van der Waals surface area (Å²) in [5, 5.41) is 13.3. The first-order valence-electron chi connectivity index (χ1n) is 8.38. The van der Waals surface area contributed by atoms with Crippen LogP contribution in [0.5, 0.6) is 17.2 Å². The van der Waals surface area contributed by atoms with Gasteiger partial charge in [-0.05, 0) is 53.6 Å². The molecule has 0 aromatic heterocycles. The van der Waals surface area contributed by atoms with Crippen LogP contribution in [-0.2, 0) is 11.2 Å². The van der Waals surface area contributed by atoms with Gasteiger partial charge in [0.05, 0.1) is 24.8 Å². The summed E-state index contributed by atoms with van der Waals surface area (Å²) in [6, 6.07) is 11.1. The molecule has 3 rings (SSSR count). The van der Waals surface area contributed by atoms with Gasteiger partial charge in [0, 0.05) is 0 Å². The van der Waals surface area contributed by atoms with Crippen molar-refractivity contribution in [3.63, 3.8) is 0 Å². The van der Waals surface area contributed by atoms with E-state index in [0.717, 1.165) is 17.7 Å². The van der Waals surface area contributed by atoms with E-state index in [2.05, 4.69) is 17.2 Å². The van der Waals surface area contributed by atoms with Crippen LogP contribution in [0.3, 0.4) is 0 Å². The molecule has 1 aliphatic rings. The number of thioether (sulfide) groups is 1. The Balaban J connectivity index is 1.91. The van der Waals surface area contributed by atoms with Crippen LogP contribution in [0.15, 0.2) is 46.3 Å². The predicted molar refractivity (Wildman–Crippen MR) is 108 cm³/mol. The number of nitrogens with one attached hydrogen (secondary N) is 1. The number of carbonyl (C=O) groups excluding carboxylic acids is 1. The molecule has 27 heavy (non-hydrogen) atoms. The molecule has 1 heterocycles. The van der Waals surface area contributed by atoms with E-state index >= 15 is 0 Å². The number of benzene rings is 2. The molecule has 0 bridgehead atoms. The average Bonchev–Trinajstić information content (AvgIpc) is 3.02. The van der Waals surface area contributed by atoms with Gasteiger partial charge in [-0.2, -0.15) is 0 Å². The van der Waals surface area contributed by atoms with Crippen LogP contribution in [0, 0.1) is 0 Å². The summed E-state index contributed by atoms with van der Waals surface area (Å²) in [6.07, 6.45) is 2.57. The molecule has 2 N–H and O–H groups in total. The zero-order valence-electron chi connectivity index (χ0n) is 15.3. The molecule has 1 saturated heterocycles. The summed E-state index contributed by atoms with van der Waals surface area (Å²) in [6.45, 7) is 2.07. The van der Waals surface area contributed by atoms with Crippen molar-refractivity contribution in [3.05, 3.63) is 52.4 Å². The highest BCUT2D eigenvalue weighted by atomic mass is 32.2. The SMILES string of the molecule is CCc1ccccc1N=C1NC(=O)/C(=C/c2cc(OC)c(O)c(OC)c2)S1. The Bertz CT molecular complexity index is 912. The third-order valence-corrected chi connectivity index (χ3v) is 4.96. The number of phenols is 1. The Kier molecular flexibility index (Phi) is 5.71. The number of hydrogen-bond acceptors (Lipinski definition) is 6. The molecule has 2 aromatic rings. The lowest BCUT2D eigenvalue weighted by Gasteiger charge is -2.09. The molecule has 7 heteroatoms. The first-order chi connectivity index (χ1) is 13.0. The molecule has 1 aliphatic heterocycles. The van der Waals surface area contributed by atoms with Gasteiger partial charge in [-0.25, -0.2) is 4.99 Å². The highest BCUT2D eigenvalue weighted by Gasteiger charge is 2.24. The lowest BCUT2D eigenvalue weighted by Crippen LogP contribution is -2.19. The number of amidine groups is 1. The highest BCUT2D eigenvalue weighted by Crippen LogP contribution is 2.38. The summed E-state index contributed by atoms with van der Waals surface area (Å²) < 4.78 is 10.3. The van der Waals surface area contributed by atoms with Gasteiger partial charge in [-0.1, -0.05) is 25.1 Å². The van der Waals surface area contributed by atoms with E-state index in [4.69, 9.17) is 9.47 Å². The number of nitrogens with zero attached hydrogens (tertiary/aromatic N) is 1. The normalized spacial score (nSPS) is 16.6. The van der Waals surface area contributed by atoms with Crippen molar-refractivity contribution in [3.8, 4) is 17.2 Å². The fraction of sp³-hybridized carbons (Fsp3) is 0.200. The van der Waals surface area contributed by atoms with E-state index < -0.39 is 0 Å². The van der Waals surface area contributed by atoms with Crippen LogP contribution in [-0.4, -0.2) is 30.4 Å². The highest BCUT2D eigenvalue weighted by molar-refractivity contribution is 8.18. The fourth-order valence-electron chi connectivity index (χ4n) is 2.66. The van der Waals surface area contributed by atoms with Crippen molar-refractivity contribution in [1.82, 2.24) is 5.32 Å². The molecule has 0 spiro atoms. The maximum absolute atomic E-state index is 12.3. The summed E-state index contributed by atoms with van der Waals surface area (Å²) in [4.78, 5) is 17.4. The number of para-hydroxylation sites is 1. The second-order valence-electron chi connectivity index (χ2n) is 5.74.